The summed E-state index contributed by atoms with van der Waals surface area (Å²) in [7, 11) is 0. The molecular weight excluding hydrogens is 267 g/mol. The molecule has 0 bridgehead atoms. The largest absolute Gasteiger partial charge is 0.454 e. The van der Waals surface area contributed by atoms with Crippen LogP contribution >= 0.6 is 0 Å². The van der Waals surface area contributed by atoms with E-state index in [-0.39, 0.29) is 11.2 Å². The SMILES string of the molecule is C[C@H](O)c1cccc(F)c1Oc1cccc(C(C)(C)C)c1. The summed E-state index contributed by atoms with van der Waals surface area (Å²) < 4.78 is 19.7. The van der Waals surface area contributed by atoms with Crippen LogP contribution in [0.1, 0.15) is 44.9 Å². The summed E-state index contributed by atoms with van der Waals surface area (Å²) in [4.78, 5) is 0. The van der Waals surface area contributed by atoms with Gasteiger partial charge in [0.05, 0.1) is 6.10 Å². The zero-order valence-electron chi connectivity index (χ0n) is 12.9. The fourth-order valence-corrected chi connectivity index (χ4v) is 2.11. The fourth-order valence-electron chi connectivity index (χ4n) is 2.11. The van der Waals surface area contributed by atoms with Crippen molar-refractivity contribution in [2.75, 3.05) is 0 Å². The van der Waals surface area contributed by atoms with E-state index in [0.29, 0.717) is 11.3 Å². The molecule has 2 aromatic rings. The number of hydrogen-bond donors (Lipinski definition) is 1. The highest BCUT2D eigenvalue weighted by Crippen LogP contribution is 2.34. The lowest BCUT2D eigenvalue weighted by molar-refractivity contribution is 0.194. The molecule has 0 spiro atoms. The van der Waals surface area contributed by atoms with Crippen LogP contribution in [0.4, 0.5) is 4.39 Å². The lowest BCUT2D eigenvalue weighted by Crippen LogP contribution is -2.10. The van der Waals surface area contributed by atoms with E-state index >= 15 is 0 Å². The molecule has 0 aliphatic rings. The van der Waals surface area contributed by atoms with Crippen LogP contribution in [-0.4, -0.2) is 5.11 Å². The Labute approximate surface area is 125 Å². The summed E-state index contributed by atoms with van der Waals surface area (Å²) in [6.07, 6.45) is -0.790. The van der Waals surface area contributed by atoms with E-state index in [0.717, 1.165) is 5.56 Å². The molecule has 3 heteroatoms. The minimum absolute atomic E-state index is 0.0122. The summed E-state index contributed by atoms with van der Waals surface area (Å²) >= 11 is 0. The van der Waals surface area contributed by atoms with Gasteiger partial charge in [-0.05, 0) is 36.1 Å². The molecule has 1 N–H and O–H groups in total. The zero-order valence-corrected chi connectivity index (χ0v) is 12.9. The number of aliphatic hydroxyl groups excluding tert-OH is 1. The van der Waals surface area contributed by atoms with Crippen LogP contribution in [0.25, 0.3) is 0 Å². The number of rotatable bonds is 3. The van der Waals surface area contributed by atoms with Crippen LogP contribution in [0.3, 0.4) is 0 Å². The smallest absolute Gasteiger partial charge is 0.168 e. The molecule has 0 saturated carbocycles. The van der Waals surface area contributed by atoms with Gasteiger partial charge in [-0.3, -0.25) is 0 Å². The van der Waals surface area contributed by atoms with Gasteiger partial charge in [-0.25, -0.2) is 4.39 Å². The topological polar surface area (TPSA) is 29.5 Å². The van der Waals surface area contributed by atoms with Crippen molar-refractivity contribution in [3.05, 3.63) is 59.4 Å². The summed E-state index contributed by atoms with van der Waals surface area (Å²) in [5, 5.41) is 9.74. The third-order valence-electron chi connectivity index (χ3n) is 3.37. The van der Waals surface area contributed by atoms with E-state index in [2.05, 4.69) is 20.8 Å². The minimum atomic E-state index is -0.790. The lowest BCUT2D eigenvalue weighted by Gasteiger charge is -2.20. The molecule has 0 amide bonds. The van der Waals surface area contributed by atoms with Crippen LogP contribution in [0.15, 0.2) is 42.5 Å². The zero-order chi connectivity index (χ0) is 15.6. The summed E-state index contributed by atoms with van der Waals surface area (Å²) in [5.74, 6) is 0.169. The predicted octanol–water partition coefficient (Wildman–Crippen LogP) is 4.97. The van der Waals surface area contributed by atoms with Gasteiger partial charge in [-0.15, -0.1) is 0 Å². The first-order chi connectivity index (χ1) is 9.79. The van der Waals surface area contributed by atoms with E-state index < -0.39 is 11.9 Å². The van der Waals surface area contributed by atoms with Crippen LogP contribution in [0, 0.1) is 5.82 Å². The Morgan fingerprint density at radius 1 is 1.10 bits per heavy atom. The van der Waals surface area contributed by atoms with Gasteiger partial charge >= 0.3 is 0 Å². The monoisotopic (exact) mass is 288 g/mol. The first-order valence-corrected chi connectivity index (χ1v) is 7.04. The third kappa shape index (κ3) is 3.61. The molecule has 0 aliphatic heterocycles. The van der Waals surface area contributed by atoms with Crippen LogP contribution in [0.2, 0.25) is 0 Å². The Morgan fingerprint density at radius 3 is 2.38 bits per heavy atom. The van der Waals surface area contributed by atoms with Crippen molar-refractivity contribution in [1.82, 2.24) is 0 Å². The van der Waals surface area contributed by atoms with E-state index in [1.165, 1.54) is 6.07 Å². The minimum Gasteiger partial charge on any atom is -0.454 e. The maximum absolute atomic E-state index is 14.0. The molecule has 0 fully saturated rings. The van der Waals surface area contributed by atoms with Crippen molar-refractivity contribution in [3.63, 3.8) is 0 Å². The quantitative estimate of drug-likeness (QED) is 0.864. The van der Waals surface area contributed by atoms with E-state index in [4.69, 9.17) is 4.74 Å². The summed E-state index contributed by atoms with van der Waals surface area (Å²) in [5.41, 5.74) is 1.54. The van der Waals surface area contributed by atoms with Crippen molar-refractivity contribution in [2.24, 2.45) is 0 Å². The number of aliphatic hydroxyl groups is 1. The van der Waals surface area contributed by atoms with Crippen LogP contribution < -0.4 is 4.74 Å². The van der Waals surface area contributed by atoms with Crippen LogP contribution in [0.5, 0.6) is 11.5 Å². The Balaban J connectivity index is 2.39. The normalized spacial score (nSPS) is 13.0. The van der Waals surface area contributed by atoms with Crippen molar-refractivity contribution in [3.8, 4) is 11.5 Å². The van der Waals surface area contributed by atoms with Gasteiger partial charge in [-0.2, -0.15) is 0 Å². The third-order valence-corrected chi connectivity index (χ3v) is 3.37. The molecule has 0 unspecified atom stereocenters. The van der Waals surface area contributed by atoms with Gasteiger partial charge in [0, 0.05) is 5.56 Å². The molecule has 112 valence electrons. The van der Waals surface area contributed by atoms with E-state index in [9.17, 15) is 9.50 Å². The first kappa shape index (κ1) is 15.5. The van der Waals surface area contributed by atoms with Gasteiger partial charge in [0.2, 0.25) is 0 Å². The molecule has 0 aromatic heterocycles. The molecule has 21 heavy (non-hydrogen) atoms. The second-order valence-electron chi connectivity index (χ2n) is 6.21. The van der Waals surface area contributed by atoms with Crippen molar-refractivity contribution < 1.29 is 14.2 Å². The Hall–Kier alpha value is -1.87. The Morgan fingerprint density at radius 2 is 1.76 bits per heavy atom. The van der Waals surface area contributed by atoms with Crippen molar-refractivity contribution in [2.45, 2.75) is 39.2 Å². The van der Waals surface area contributed by atoms with Gasteiger partial charge in [0.15, 0.2) is 11.6 Å². The Bertz CT molecular complexity index is 627. The summed E-state index contributed by atoms with van der Waals surface area (Å²) in [6.45, 7) is 7.91. The standard InChI is InChI=1S/C18H21FO2/c1-12(20)15-9-6-10-16(19)17(15)21-14-8-5-7-13(11-14)18(2,3)4/h5-12,20H,1-4H3/t12-/m0/s1. The molecule has 2 rings (SSSR count). The van der Waals surface area contributed by atoms with Gasteiger partial charge in [0.1, 0.15) is 5.75 Å². The maximum Gasteiger partial charge on any atom is 0.168 e. The molecule has 2 nitrogen and oxygen atoms in total. The van der Waals surface area contributed by atoms with E-state index in [1.807, 2.05) is 18.2 Å². The van der Waals surface area contributed by atoms with Gasteiger partial charge in [-0.1, -0.05) is 45.0 Å². The van der Waals surface area contributed by atoms with Crippen LogP contribution in [-0.2, 0) is 5.41 Å². The average Bonchev–Trinajstić information content (AvgIpc) is 2.40. The number of hydrogen-bond acceptors (Lipinski definition) is 2. The fraction of sp³-hybridized carbons (Fsp3) is 0.333. The highest BCUT2D eigenvalue weighted by molar-refractivity contribution is 5.41. The highest BCUT2D eigenvalue weighted by atomic mass is 19.1. The molecule has 0 radical (unpaired) electrons. The summed E-state index contributed by atoms with van der Waals surface area (Å²) in [6, 6.07) is 12.1. The second kappa shape index (κ2) is 5.86. The average molecular weight is 288 g/mol. The highest BCUT2D eigenvalue weighted by Gasteiger charge is 2.17. The maximum atomic E-state index is 14.0. The van der Waals surface area contributed by atoms with E-state index in [1.54, 1.807) is 25.1 Å². The molecular formula is C18H21FO2. The first-order valence-electron chi connectivity index (χ1n) is 7.04. The Kier molecular flexibility index (Phi) is 4.33. The number of ether oxygens (including phenoxy) is 1. The second-order valence-corrected chi connectivity index (χ2v) is 6.21. The predicted molar refractivity (Wildman–Crippen MR) is 82.2 cm³/mol. The lowest BCUT2D eigenvalue weighted by atomic mass is 9.87. The number of benzene rings is 2. The number of para-hydroxylation sites is 1. The molecule has 0 heterocycles. The molecule has 2 aromatic carbocycles. The number of halogens is 1. The molecule has 0 aliphatic carbocycles. The van der Waals surface area contributed by atoms with Crippen molar-refractivity contribution >= 4 is 0 Å². The molecule has 1 atom stereocenters. The molecule has 0 saturated heterocycles. The van der Waals surface area contributed by atoms with Gasteiger partial charge < -0.3 is 9.84 Å². The van der Waals surface area contributed by atoms with Crippen molar-refractivity contribution in [1.29, 1.82) is 0 Å². The van der Waals surface area contributed by atoms with Gasteiger partial charge in [0.25, 0.3) is 0 Å².